The lowest BCUT2D eigenvalue weighted by Gasteiger charge is -2.26. The third-order valence-corrected chi connectivity index (χ3v) is 4.25. The van der Waals surface area contributed by atoms with Crippen LogP contribution in [0.1, 0.15) is 23.6 Å². The average molecular weight is 365 g/mol. The summed E-state index contributed by atoms with van der Waals surface area (Å²) in [5, 5.41) is 3.04. The van der Waals surface area contributed by atoms with Crippen LogP contribution in [-0.4, -0.2) is 26.2 Å². The zero-order valence-electron chi connectivity index (χ0n) is 15.3. The summed E-state index contributed by atoms with van der Waals surface area (Å²) in [4.78, 5) is 12.4. The molecule has 2 aromatic carbocycles. The molecule has 0 saturated heterocycles. The molecule has 2 aromatic rings. The van der Waals surface area contributed by atoms with Crippen molar-refractivity contribution < 1.29 is 19.0 Å². The van der Waals surface area contributed by atoms with Crippen LogP contribution in [0, 0.1) is 0 Å². The van der Waals surface area contributed by atoms with Crippen molar-refractivity contribution in [1.82, 2.24) is 5.32 Å². The number of carbonyl (C=O) groups is 1. The van der Waals surface area contributed by atoms with Crippen molar-refractivity contribution in [3.63, 3.8) is 0 Å². The summed E-state index contributed by atoms with van der Waals surface area (Å²) in [6, 6.07) is 13.2. The number of fused-ring (bicyclic) bond motifs is 1. The Morgan fingerprint density at radius 2 is 2.15 bits per heavy atom. The van der Waals surface area contributed by atoms with E-state index < -0.39 is 0 Å². The molecule has 0 fully saturated rings. The minimum Gasteiger partial charge on any atom is -0.493 e. The first-order chi connectivity index (χ1) is 13.2. The number of methoxy groups -OCH3 is 1. The lowest BCUT2D eigenvalue weighted by atomic mass is 10.0. The molecule has 0 saturated carbocycles. The second-order valence-corrected chi connectivity index (χ2v) is 6.08. The lowest BCUT2D eigenvalue weighted by Crippen LogP contribution is -2.30. The molecule has 3 rings (SSSR count). The first-order valence-electron chi connectivity index (χ1n) is 8.83. The topological polar surface area (TPSA) is 56.8 Å². The molecule has 1 atom stereocenters. The molecule has 0 aromatic heterocycles. The number of amides is 1. The Balaban J connectivity index is 1.66. The van der Waals surface area contributed by atoms with Gasteiger partial charge in [0.25, 0.3) is 0 Å². The van der Waals surface area contributed by atoms with Crippen LogP contribution >= 0.6 is 0 Å². The summed E-state index contributed by atoms with van der Waals surface area (Å²) < 4.78 is 16.5. The van der Waals surface area contributed by atoms with E-state index in [1.807, 2.05) is 42.5 Å². The predicted octanol–water partition coefficient (Wildman–Crippen LogP) is 3.91. The average Bonchev–Trinajstić information content (AvgIpc) is 2.71. The molecule has 27 heavy (non-hydrogen) atoms. The maximum atomic E-state index is 12.4. The van der Waals surface area contributed by atoms with Gasteiger partial charge in [0.2, 0.25) is 5.91 Å². The Kier molecular flexibility index (Phi) is 6.15. The van der Waals surface area contributed by atoms with Gasteiger partial charge in [-0.25, -0.2) is 0 Å². The van der Waals surface area contributed by atoms with Crippen molar-refractivity contribution in [3.8, 4) is 17.2 Å². The van der Waals surface area contributed by atoms with Gasteiger partial charge in [0.15, 0.2) is 11.5 Å². The number of nitrogens with one attached hydrogen (secondary N) is 1. The third-order valence-electron chi connectivity index (χ3n) is 4.25. The highest BCUT2D eigenvalue weighted by Crippen LogP contribution is 2.31. The van der Waals surface area contributed by atoms with Gasteiger partial charge >= 0.3 is 0 Å². The summed E-state index contributed by atoms with van der Waals surface area (Å²) >= 11 is 0. The van der Waals surface area contributed by atoms with E-state index in [-0.39, 0.29) is 11.9 Å². The fourth-order valence-electron chi connectivity index (χ4n) is 2.94. The minimum absolute atomic E-state index is 0.0451. The van der Waals surface area contributed by atoms with Gasteiger partial charge in [-0.3, -0.25) is 4.79 Å². The summed E-state index contributed by atoms with van der Waals surface area (Å²) in [6.07, 6.45) is 5.70. The van der Waals surface area contributed by atoms with E-state index in [1.165, 1.54) is 6.08 Å². The first-order valence-corrected chi connectivity index (χ1v) is 8.83. The maximum Gasteiger partial charge on any atom is 0.244 e. The van der Waals surface area contributed by atoms with E-state index in [4.69, 9.17) is 14.2 Å². The van der Waals surface area contributed by atoms with Crippen molar-refractivity contribution in [2.45, 2.75) is 12.5 Å². The fraction of sp³-hybridized carbons (Fsp3) is 0.227. The molecular formula is C22H23NO4. The first kappa shape index (κ1) is 18.6. The molecule has 0 spiro atoms. The highest BCUT2D eigenvalue weighted by molar-refractivity contribution is 5.92. The van der Waals surface area contributed by atoms with Crippen molar-refractivity contribution in [2.75, 3.05) is 20.3 Å². The molecule has 1 N–H and O–H groups in total. The number of ether oxygens (including phenoxy) is 3. The molecule has 0 unspecified atom stereocenters. The Labute approximate surface area is 159 Å². The van der Waals surface area contributed by atoms with Crippen LogP contribution in [0.2, 0.25) is 0 Å². The van der Waals surface area contributed by atoms with Crippen LogP contribution in [0.4, 0.5) is 0 Å². The van der Waals surface area contributed by atoms with Crippen molar-refractivity contribution in [1.29, 1.82) is 0 Å². The van der Waals surface area contributed by atoms with Crippen LogP contribution in [0.5, 0.6) is 17.2 Å². The predicted molar refractivity (Wildman–Crippen MR) is 105 cm³/mol. The van der Waals surface area contributed by atoms with Crippen LogP contribution in [-0.2, 0) is 4.79 Å². The molecular weight excluding hydrogens is 342 g/mol. The minimum atomic E-state index is -0.150. The normalized spacial score (nSPS) is 15.5. The number of carbonyl (C=O) groups excluding carboxylic acids is 1. The van der Waals surface area contributed by atoms with Crippen molar-refractivity contribution in [2.24, 2.45) is 0 Å². The standard InChI is InChI=1S/C22H23NO4/c1-3-13-26-20-10-8-16(15-21(20)25-2)9-11-22(24)23-18-12-14-27-19-7-5-4-6-17(18)19/h3-11,15,18H,1,12-14H2,2H3,(H,23,24)/b11-9+/t18-/m0/s1. The van der Waals surface area contributed by atoms with Crippen LogP contribution < -0.4 is 19.5 Å². The maximum absolute atomic E-state index is 12.4. The van der Waals surface area contributed by atoms with E-state index in [1.54, 1.807) is 19.3 Å². The fourth-order valence-corrected chi connectivity index (χ4v) is 2.94. The van der Waals surface area contributed by atoms with Gasteiger partial charge in [0, 0.05) is 18.1 Å². The Bertz CT molecular complexity index is 844. The van der Waals surface area contributed by atoms with Crippen LogP contribution in [0.15, 0.2) is 61.2 Å². The molecule has 5 nitrogen and oxygen atoms in total. The Morgan fingerprint density at radius 1 is 1.30 bits per heavy atom. The highest BCUT2D eigenvalue weighted by Gasteiger charge is 2.21. The van der Waals surface area contributed by atoms with Crippen molar-refractivity contribution in [3.05, 3.63) is 72.3 Å². The molecule has 0 aliphatic carbocycles. The number of hydrogen-bond donors (Lipinski definition) is 1. The SMILES string of the molecule is C=CCOc1ccc(/C=C/C(=O)N[C@H]2CCOc3ccccc32)cc1OC. The van der Waals surface area contributed by atoms with Gasteiger partial charge in [0.1, 0.15) is 12.4 Å². The molecule has 1 aliphatic heterocycles. The summed E-state index contributed by atoms with van der Waals surface area (Å²) in [7, 11) is 1.58. The number of para-hydroxylation sites is 1. The smallest absolute Gasteiger partial charge is 0.244 e. The molecule has 1 aliphatic rings. The van der Waals surface area contributed by atoms with Crippen LogP contribution in [0.3, 0.4) is 0 Å². The molecule has 5 heteroatoms. The van der Waals surface area contributed by atoms with Gasteiger partial charge in [-0.2, -0.15) is 0 Å². The molecule has 140 valence electrons. The Hall–Kier alpha value is -3.21. The zero-order valence-corrected chi connectivity index (χ0v) is 15.3. The summed E-state index contributed by atoms with van der Waals surface area (Å²) in [5.41, 5.74) is 1.86. The monoisotopic (exact) mass is 365 g/mol. The summed E-state index contributed by atoms with van der Waals surface area (Å²) in [5.74, 6) is 1.93. The number of benzene rings is 2. The van der Waals surface area contributed by atoms with Crippen LogP contribution in [0.25, 0.3) is 6.08 Å². The van der Waals surface area contributed by atoms with Gasteiger partial charge in [-0.05, 0) is 29.8 Å². The quantitative estimate of drug-likeness (QED) is 0.597. The van der Waals surface area contributed by atoms with E-state index in [0.717, 1.165) is 23.3 Å². The number of rotatable bonds is 7. The molecule has 1 amide bonds. The van der Waals surface area contributed by atoms with Gasteiger partial charge in [-0.15, -0.1) is 0 Å². The van der Waals surface area contributed by atoms with Gasteiger partial charge in [0.05, 0.1) is 19.8 Å². The zero-order chi connectivity index (χ0) is 19.1. The van der Waals surface area contributed by atoms with E-state index >= 15 is 0 Å². The largest absolute Gasteiger partial charge is 0.493 e. The summed E-state index contributed by atoms with van der Waals surface area (Å²) in [6.45, 7) is 4.63. The van der Waals surface area contributed by atoms with Gasteiger partial charge in [-0.1, -0.05) is 36.9 Å². The molecule has 0 radical (unpaired) electrons. The third kappa shape index (κ3) is 4.70. The molecule has 0 bridgehead atoms. The number of hydrogen-bond acceptors (Lipinski definition) is 4. The lowest BCUT2D eigenvalue weighted by molar-refractivity contribution is -0.117. The highest BCUT2D eigenvalue weighted by atomic mass is 16.5. The van der Waals surface area contributed by atoms with Crippen molar-refractivity contribution >= 4 is 12.0 Å². The second-order valence-electron chi connectivity index (χ2n) is 6.08. The second kappa shape index (κ2) is 8.94. The van der Waals surface area contributed by atoms with E-state index in [0.29, 0.717) is 24.7 Å². The van der Waals surface area contributed by atoms with E-state index in [2.05, 4.69) is 11.9 Å². The van der Waals surface area contributed by atoms with E-state index in [9.17, 15) is 4.79 Å². The molecule has 1 heterocycles. The Morgan fingerprint density at radius 3 is 2.96 bits per heavy atom. The van der Waals surface area contributed by atoms with Gasteiger partial charge < -0.3 is 19.5 Å².